The highest BCUT2D eigenvalue weighted by molar-refractivity contribution is 5.56. The first-order valence-corrected chi connectivity index (χ1v) is 5.57. The predicted molar refractivity (Wildman–Crippen MR) is 64.7 cm³/mol. The summed E-state index contributed by atoms with van der Waals surface area (Å²) in [4.78, 5) is 0. The quantitative estimate of drug-likeness (QED) is 0.844. The molecule has 0 saturated carbocycles. The summed E-state index contributed by atoms with van der Waals surface area (Å²) in [5.41, 5.74) is 1.02. The number of para-hydroxylation sites is 2. The lowest BCUT2D eigenvalue weighted by molar-refractivity contribution is 0.135. The number of nitrogens with one attached hydrogen (secondary N) is 1. The standard InChI is InChI=1S/C13H17NO2/c1-15-13-8-3-2-7-12(13)14-10-11-6-4-5-9-16-11/h2-3,5,7-9,11,14H,4,6,10H2,1H3/t11-/m1/s1. The first-order chi connectivity index (χ1) is 7.90. The molecule has 0 fully saturated rings. The van der Waals surface area contributed by atoms with Gasteiger partial charge in [0.1, 0.15) is 11.9 Å². The fraction of sp³-hybridized carbons (Fsp3) is 0.385. The summed E-state index contributed by atoms with van der Waals surface area (Å²) in [5.74, 6) is 0.869. The van der Waals surface area contributed by atoms with Gasteiger partial charge in [0, 0.05) is 0 Å². The Labute approximate surface area is 96.1 Å². The molecule has 1 heterocycles. The van der Waals surface area contributed by atoms with E-state index >= 15 is 0 Å². The molecule has 3 nitrogen and oxygen atoms in total. The molecule has 0 radical (unpaired) electrons. The number of methoxy groups -OCH3 is 1. The highest BCUT2D eigenvalue weighted by Gasteiger charge is 2.11. The van der Waals surface area contributed by atoms with E-state index in [1.807, 2.05) is 24.3 Å². The topological polar surface area (TPSA) is 30.5 Å². The molecule has 86 valence electrons. The van der Waals surface area contributed by atoms with Crippen LogP contribution in [-0.2, 0) is 4.74 Å². The molecule has 0 aromatic heterocycles. The van der Waals surface area contributed by atoms with Crippen LogP contribution in [0, 0.1) is 0 Å². The highest BCUT2D eigenvalue weighted by atomic mass is 16.5. The molecule has 0 bridgehead atoms. The normalized spacial score (nSPS) is 18.9. The van der Waals surface area contributed by atoms with Crippen LogP contribution >= 0.6 is 0 Å². The Morgan fingerprint density at radius 1 is 1.44 bits per heavy atom. The summed E-state index contributed by atoms with van der Waals surface area (Å²) in [6.45, 7) is 0.810. The first kappa shape index (κ1) is 10.9. The maximum atomic E-state index is 5.49. The van der Waals surface area contributed by atoms with Gasteiger partial charge < -0.3 is 14.8 Å². The largest absolute Gasteiger partial charge is 0.497 e. The molecule has 0 amide bonds. The number of rotatable bonds is 4. The summed E-state index contributed by atoms with van der Waals surface area (Å²) in [6.07, 6.45) is 6.27. The van der Waals surface area contributed by atoms with Crippen molar-refractivity contribution in [3.05, 3.63) is 36.6 Å². The Hall–Kier alpha value is -1.64. The first-order valence-electron chi connectivity index (χ1n) is 5.57. The van der Waals surface area contributed by atoms with Crippen molar-refractivity contribution in [2.24, 2.45) is 0 Å². The Morgan fingerprint density at radius 3 is 3.06 bits per heavy atom. The molecule has 1 aromatic rings. The molecule has 1 aromatic carbocycles. The van der Waals surface area contributed by atoms with Gasteiger partial charge in [0.05, 0.1) is 25.6 Å². The third kappa shape index (κ3) is 2.69. The highest BCUT2D eigenvalue weighted by Crippen LogP contribution is 2.23. The molecule has 0 saturated heterocycles. The van der Waals surface area contributed by atoms with Crippen LogP contribution in [0.4, 0.5) is 5.69 Å². The molecule has 1 atom stereocenters. The van der Waals surface area contributed by atoms with Crippen molar-refractivity contribution in [3.8, 4) is 5.75 Å². The minimum absolute atomic E-state index is 0.259. The predicted octanol–water partition coefficient (Wildman–Crippen LogP) is 2.80. The minimum Gasteiger partial charge on any atom is -0.497 e. The summed E-state index contributed by atoms with van der Waals surface area (Å²) in [5, 5.41) is 3.35. The fourth-order valence-electron chi connectivity index (χ4n) is 1.75. The van der Waals surface area contributed by atoms with Gasteiger partial charge in [0.25, 0.3) is 0 Å². The Bertz CT molecular complexity index is 363. The Balaban J connectivity index is 1.91. The van der Waals surface area contributed by atoms with E-state index in [9.17, 15) is 0 Å². The van der Waals surface area contributed by atoms with Crippen molar-refractivity contribution in [2.75, 3.05) is 19.0 Å². The second-order valence-corrected chi connectivity index (χ2v) is 3.79. The van der Waals surface area contributed by atoms with E-state index in [0.717, 1.165) is 30.8 Å². The van der Waals surface area contributed by atoms with Gasteiger partial charge in [-0.2, -0.15) is 0 Å². The lowest BCUT2D eigenvalue weighted by atomic mass is 10.1. The van der Waals surface area contributed by atoms with Crippen molar-refractivity contribution in [1.29, 1.82) is 0 Å². The Kier molecular flexibility index (Phi) is 3.70. The van der Waals surface area contributed by atoms with E-state index in [1.165, 1.54) is 0 Å². The second-order valence-electron chi connectivity index (χ2n) is 3.79. The SMILES string of the molecule is COc1ccccc1NC[C@H]1CCC=CO1. The number of hydrogen-bond acceptors (Lipinski definition) is 3. The molecule has 1 aliphatic heterocycles. The smallest absolute Gasteiger partial charge is 0.141 e. The van der Waals surface area contributed by atoms with Crippen LogP contribution < -0.4 is 10.1 Å². The number of ether oxygens (including phenoxy) is 2. The van der Waals surface area contributed by atoms with Crippen molar-refractivity contribution in [2.45, 2.75) is 18.9 Å². The van der Waals surface area contributed by atoms with Crippen LogP contribution in [0.1, 0.15) is 12.8 Å². The van der Waals surface area contributed by atoms with Gasteiger partial charge in [-0.05, 0) is 31.1 Å². The molecule has 1 N–H and O–H groups in total. The molecular formula is C13H17NO2. The second kappa shape index (κ2) is 5.45. The van der Waals surface area contributed by atoms with Gasteiger partial charge in [-0.1, -0.05) is 12.1 Å². The van der Waals surface area contributed by atoms with E-state index in [4.69, 9.17) is 9.47 Å². The van der Waals surface area contributed by atoms with E-state index in [0.29, 0.717) is 0 Å². The van der Waals surface area contributed by atoms with Crippen LogP contribution in [0.5, 0.6) is 5.75 Å². The van der Waals surface area contributed by atoms with Crippen molar-refractivity contribution in [3.63, 3.8) is 0 Å². The fourth-order valence-corrected chi connectivity index (χ4v) is 1.75. The van der Waals surface area contributed by atoms with Gasteiger partial charge in [-0.15, -0.1) is 0 Å². The summed E-state index contributed by atoms with van der Waals surface area (Å²) < 4.78 is 10.8. The van der Waals surface area contributed by atoms with E-state index < -0.39 is 0 Å². The third-order valence-corrected chi connectivity index (χ3v) is 2.65. The molecule has 0 aliphatic carbocycles. The molecular weight excluding hydrogens is 202 g/mol. The average molecular weight is 219 g/mol. The summed E-state index contributed by atoms with van der Waals surface area (Å²) >= 11 is 0. The number of anilines is 1. The zero-order chi connectivity index (χ0) is 11.2. The maximum Gasteiger partial charge on any atom is 0.141 e. The van der Waals surface area contributed by atoms with Crippen LogP contribution in [0.2, 0.25) is 0 Å². The van der Waals surface area contributed by atoms with Gasteiger partial charge in [-0.3, -0.25) is 0 Å². The van der Waals surface area contributed by atoms with Crippen LogP contribution in [0.25, 0.3) is 0 Å². The van der Waals surface area contributed by atoms with Crippen LogP contribution in [-0.4, -0.2) is 19.8 Å². The molecule has 0 unspecified atom stereocenters. The van der Waals surface area contributed by atoms with Gasteiger partial charge in [0.2, 0.25) is 0 Å². The number of benzene rings is 1. The van der Waals surface area contributed by atoms with Gasteiger partial charge in [-0.25, -0.2) is 0 Å². The van der Waals surface area contributed by atoms with E-state index in [-0.39, 0.29) is 6.10 Å². The molecule has 0 spiro atoms. The molecule has 2 rings (SSSR count). The lowest BCUT2D eigenvalue weighted by Crippen LogP contribution is -2.23. The summed E-state index contributed by atoms with van der Waals surface area (Å²) in [6, 6.07) is 7.91. The van der Waals surface area contributed by atoms with Gasteiger partial charge in [0.15, 0.2) is 0 Å². The van der Waals surface area contributed by atoms with Crippen LogP contribution in [0.3, 0.4) is 0 Å². The Morgan fingerprint density at radius 2 is 2.31 bits per heavy atom. The van der Waals surface area contributed by atoms with E-state index in [2.05, 4.69) is 11.4 Å². The van der Waals surface area contributed by atoms with Crippen LogP contribution in [0.15, 0.2) is 36.6 Å². The minimum atomic E-state index is 0.259. The number of allylic oxidation sites excluding steroid dienone is 1. The zero-order valence-corrected chi connectivity index (χ0v) is 9.48. The van der Waals surface area contributed by atoms with E-state index in [1.54, 1.807) is 13.4 Å². The van der Waals surface area contributed by atoms with Crippen molar-refractivity contribution >= 4 is 5.69 Å². The van der Waals surface area contributed by atoms with Crippen molar-refractivity contribution < 1.29 is 9.47 Å². The zero-order valence-electron chi connectivity index (χ0n) is 9.48. The van der Waals surface area contributed by atoms with Gasteiger partial charge >= 0.3 is 0 Å². The summed E-state index contributed by atoms with van der Waals surface area (Å²) in [7, 11) is 1.68. The molecule has 1 aliphatic rings. The lowest BCUT2D eigenvalue weighted by Gasteiger charge is -2.20. The molecule has 3 heteroatoms. The molecule has 16 heavy (non-hydrogen) atoms. The average Bonchev–Trinajstić information content (AvgIpc) is 2.38. The van der Waals surface area contributed by atoms with Crippen molar-refractivity contribution in [1.82, 2.24) is 0 Å². The third-order valence-electron chi connectivity index (χ3n) is 2.65. The maximum absolute atomic E-state index is 5.49. The monoisotopic (exact) mass is 219 g/mol. The number of hydrogen-bond donors (Lipinski definition) is 1.